The second-order valence-electron chi connectivity index (χ2n) is 4.90. The van der Waals surface area contributed by atoms with Crippen LogP contribution in [-0.4, -0.2) is 47.7 Å². The van der Waals surface area contributed by atoms with Crippen molar-refractivity contribution in [3.63, 3.8) is 0 Å². The molecule has 2 N–H and O–H groups in total. The maximum atomic E-state index is 10.3. The van der Waals surface area contributed by atoms with Crippen molar-refractivity contribution >= 4 is 45.9 Å². The first-order valence-corrected chi connectivity index (χ1v) is 8.87. The van der Waals surface area contributed by atoms with E-state index in [2.05, 4.69) is 15.0 Å². The van der Waals surface area contributed by atoms with Crippen LogP contribution in [-0.2, 0) is 0 Å². The Balaban J connectivity index is 1.98. The van der Waals surface area contributed by atoms with Crippen LogP contribution in [0.3, 0.4) is 0 Å². The van der Waals surface area contributed by atoms with Crippen LogP contribution in [0.5, 0.6) is 0 Å². The highest BCUT2D eigenvalue weighted by Gasteiger charge is 2.38. The number of rotatable bonds is 2. The van der Waals surface area contributed by atoms with E-state index in [-0.39, 0.29) is 10.5 Å². The summed E-state index contributed by atoms with van der Waals surface area (Å²) >= 11 is 9.15. The SMILES string of the molecule is O[C@@H]1[C@H](O)CS[C@H]1n1c(-c2cccs2)nc2c(Cl)ncnc21. The molecule has 3 aromatic rings. The summed E-state index contributed by atoms with van der Waals surface area (Å²) in [6.07, 6.45) is -0.264. The molecule has 1 fully saturated rings. The van der Waals surface area contributed by atoms with Gasteiger partial charge in [0.1, 0.15) is 23.3 Å². The molecule has 0 amide bonds. The second-order valence-corrected chi connectivity index (χ2v) is 7.36. The third kappa shape index (κ3) is 2.14. The smallest absolute Gasteiger partial charge is 0.166 e. The van der Waals surface area contributed by atoms with E-state index < -0.39 is 12.2 Å². The Morgan fingerprint density at radius 3 is 2.86 bits per heavy atom. The number of aliphatic hydroxyl groups is 2. The summed E-state index contributed by atoms with van der Waals surface area (Å²) in [6.45, 7) is 0. The number of hydrogen-bond donors (Lipinski definition) is 2. The Bertz CT molecular complexity index is 823. The van der Waals surface area contributed by atoms with Crippen molar-refractivity contribution < 1.29 is 10.2 Å². The molecule has 1 saturated heterocycles. The largest absolute Gasteiger partial charge is 0.389 e. The zero-order valence-corrected chi connectivity index (χ0v) is 13.5. The number of nitrogens with zero attached hydrogens (tertiary/aromatic N) is 4. The standard InChI is InChI=1S/C13H11ClN4O2S2/c14-10-8-12(16-5-15-10)18(13-9(20)6(19)4-22-13)11(17-8)7-2-1-3-21-7/h1-3,5-6,9,13,19-20H,4H2/t6-,9-,13-/m1/s1. The highest BCUT2D eigenvalue weighted by atomic mass is 35.5. The molecule has 3 atom stereocenters. The van der Waals surface area contributed by atoms with Gasteiger partial charge in [0.2, 0.25) is 0 Å². The third-order valence-electron chi connectivity index (χ3n) is 3.55. The van der Waals surface area contributed by atoms with Crippen LogP contribution >= 0.6 is 34.7 Å². The summed E-state index contributed by atoms with van der Waals surface area (Å²) in [5.41, 5.74) is 1.07. The van der Waals surface area contributed by atoms with E-state index in [4.69, 9.17) is 11.6 Å². The predicted octanol–water partition coefficient (Wildman–Crippen LogP) is 2.18. The Labute approximate surface area is 138 Å². The molecular weight excluding hydrogens is 344 g/mol. The van der Waals surface area contributed by atoms with E-state index >= 15 is 0 Å². The van der Waals surface area contributed by atoms with Gasteiger partial charge in [0, 0.05) is 5.75 Å². The van der Waals surface area contributed by atoms with Crippen LogP contribution in [0.4, 0.5) is 0 Å². The van der Waals surface area contributed by atoms with Crippen LogP contribution in [0.1, 0.15) is 5.37 Å². The predicted molar refractivity (Wildman–Crippen MR) is 87.2 cm³/mol. The Hall–Kier alpha value is -1.19. The van der Waals surface area contributed by atoms with Gasteiger partial charge in [-0.3, -0.25) is 4.57 Å². The summed E-state index contributed by atoms with van der Waals surface area (Å²) in [5.74, 6) is 1.15. The van der Waals surface area contributed by atoms with Crippen LogP contribution in [0.25, 0.3) is 21.9 Å². The van der Waals surface area contributed by atoms with Crippen LogP contribution in [0.15, 0.2) is 23.8 Å². The number of thiophene rings is 1. The van der Waals surface area contributed by atoms with Gasteiger partial charge in [-0.25, -0.2) is 15.0 Å². The molecule has 0 spiro atoms. The van der Waals surface area contributed by atoms with Crippen molar-refractivity contribution in [1.82, 2.24) is 19.5 Å². The number of thioether (sulfide) groups is 1. The molecule has 0 aliphatic carbocycles. The first kappa shape index (κ1) is 14.4. The number of hydrogen-bond acceptors (Lipinski definition) is 7. The molecule has 3 aromatic heterocycles. The van der Waals surface area contributed by atoms with Crippen molar-refractivity contribution in [3.8, 4) is 10.7 Å². The number of aromatic nitrogens is 4. The van der Waals surface area contributed by atoms with Gasteiger partial charge in [-0.05, 0) is 11.4 Å². The van der Waals surface area contributed by atoms with Crippen LogP contribution in [0, 0.1) is 0 Å². The Kier molecular flexibility index (Phi) is 3.58. The van der Waals surface area contributed by atoms with Gasteiger partial charge >= 0.3 is 0 Å². The van der Waals surface area contributed by atoms with E-state index in [1.807, 2.05) is 22.1 Å². The molecule has 4 heterocycles. The van der Waals surface area contributed by atoms with Crippen molar-refractivity contribution in [1.29, 1.82) is 0 Å². The average Bonchev–Trinajstić information content (AvgIpc) is 3.20. The van der Waals surface area contributed by atoms with Crippen molar-refractivity contribution in [2.45, 2.75) is 17.6 Å². The molecule has 1 aliphatic heterocycles. The van der Waals surface area contributed by atoms with Crippen molar-refractivity contribution in [2.24, 2.45) is 0 Å². The van der Waals surface area contributed by atoms with Gasteiger partial charge in [0.25, 0.3) is 0 Å². The van der Waals surface area contributed by atoms with E-state index in [0.717, 1.165) is 4.88 Å². The average molecular weight is 355 g/mol. The number of imidazole rings is 1. The maximum absolute atomic E-state index is 10.3. The van der Waals surface area contributed by atoms with Gasteiger partial charge in [-0.15, -0.1) is 23.1 Å². The van der Waals surface area contributed by atoms with Crippen molar-refractivity contribution in [2.75, 3.05) is 5.75 Å². The lowest BCUT2D eigenvalue weighted by atomic mass is 10.2. The zero-order chi connectivity index (χ0) is 15.3. The summed E-state index contributed by atoms with van der Waals surface area (Å²) in [4.78, 5) is 13.8. The third-order valence-corrected chi connectivity index (χ3v) is 6.06. The molecule has 0 bridgehead atoms. The van der Waals surface area contributed by atoms with E-state index in [9.17, 15) is 10.2 Å². The summed E-state index contributed by atoms with van der Waals surface area (Å²) in [6, 6.07) is 3.89. The fraction of sp³-hybridized carbons (Fsp3) is 0.308. The molecule has 4 rings (SSSR count). The Morgan fingerprint density at radius 1 is 1.32 bits per heavy atom. The van der Waals surface area contributed by atoms with E-state index in [1.165, 1.54) is 18.1 Å². The lowest BCUT2D eigenvalue weighted by Gasteiger charge is -2.19. The lowest BCUT2D eigenvalue weighted by Crippen LogP contribution is -2.28. The molecular formula is C13H11ClN4O2S2. The van der Waals surface area contributed by atoms with Crippen LogP contribution < -0.4 is 0 Å². The topological polar surface area (TPSA) is 84.1 Å². The summed E-state index contributed by atoms with van der Waals surface area (Å²) in [7, 11) is 0. The van der Waals surface area contributed by atoms with Gasteiger partial charge in [0.15, 0.2) is 16.6 Å². The molecule has 6 nitrogen and oxygen atoms in total. The molecule has 22 heavy (non-hydrogen) atoms. The fourth-order valence-corrected chi connectivity index (χ4v) is 4.71. The quantitative estimate of drug-likeness (QED) is 0.686. The summed E-state index contributed by atoms with van der Waals surface area (Å²) < 4.78 is 1.85. The number of aliphatic hydroxyl groups excluding tert-OH is 2. The van der Waals surface area contributed by atoms with Gasteiger partial charge in [-0.2, -0.15) is 0 Å². The zero-order valence-electron chi connectivity index (χ0n) is 11.1. The van der Waals surface area contributed by atoms with E-state index in [0.29, 0.717) is 22.7 Å². The first-order valence-electron chi connectivity index (χ1n) is 6.57. The minimum absolute atomic E-state index is 0.277. The monoisotopic (exact) mass is 354 g/mol. The maximum Gasteiger partial charge on any atom is 0.166 e. The lowest BCUT2D eigenvalue weighted by molar-refractivity contribution is 0.0316. The Morgan fingerprint density at radius 2 is 2.18 bits per heavy atom. The molecule has 9 heteroatoms. The normalized spacial score (nSPS) is 25.1. The number of halogens is 1. The summed E-state index contributed by atoms with van der Waals surface area (Å²) in [5, 5.41) is 22.0. The first-order chi connectivity index (χ1) is 10.7. The molecule has 0 aromatic carbocycles. The highest BCUT2D eigenvalue weighted by Crippen LogP contribution is 2.42. The van der Waals surface area contributed by atoms with E-state index in [1.54, 1.807) is 11.3 Å². The minimum Gasteiger partial charge on any atom is -0.389 e. The van der Waals surface area contributed by atoms with Gasteiger partial charge < -0.3 is 10.2 Å². The molecule has 0 radical (unpaired) electrons. The molecule has 114 valence electrons. The minimum atomic E-state index is -0.880. The van der Waals surface area contributed by atoms with Crippen molar-refractivity contribution in [3.05, 3.63) is 29.0 Å². The second kappa shape index (κ2) is 5.47. The molecule has 0 unspecified atom stereocenters. The van der Waals surface area contributed by atoms with Gasteiger partial charge in [-0.1, -0.05) is 17.7 Å². The number of fused-ring (bicyclic) bond motifs is 1. The highest BCUT2D eigenvalue weighted by molar-refractivity contribution is 7.99. The molecule has 1 aliphatic rings. The molecule has 0 saturated carbocycles. The van der Waals surface area contributed by atoms with Crippen LogP contribution in [0.2, 0.25) is 5.15 Å². The van der Waals surface area contributed by atoms with Gasteiger partial charge in [0.05, 0.1) is 11.0 Å². The fourth-order valence-electron chi connectivity index (χ4n) is 2.51.